The quantitative estimate of drug-likeness (QED) is 0.779. The first-order valence-electron chi connectivity index (χ1n) is 7.05. The van der Waals surface area contributed by atoms with E-state index in [4.69, 9.17) is 9.47 Å². The molecule has 0 bridgehead atoms. The van der Waals surface area contributed by atoms with E-state index in [1.165, 1.54) is 0 Å². The minimum absolute atomic E-state index is 0.0266. The van der Waals surface area contributed by atoms with Crippen LogP contribution in [0, 0.1) is 0 Å². The summed E-state index contributed by atoms with van der Waals surface area (Å²) in [7, 11) is 1.64. The Labute approximate surface area is 119 Å². The fraction of sp³-hybridized carbons (Fsp3) is 0.533. The summed E-state index contributed by atoms with van der Waals surface area (Å²) in [5, 5.41) is 6.17. The Morgan fingerprint density at radius 3 is 3.05 bits per heavy atom. The lowest BCUT2D eigenvalue weighted by Gasteiger charge is -2.22. The number of hydrogen-bond acceptors (Lipinski definition) is 4. The zero-order valence-electron chi connectivity index (χ0n) is 11.9. The van der Waals surface area contributed by atoms with Crippen molar-refractivity contribution in [2.45, 2.75) is 25.3 Å². The molecule has 1 aliphatic heterocycles. The molecule has 1 aromatic rings. The maximum absolute atomic E-state index is 12.1. The molecular weight excluding hydrogens is 256 g/mol. The third kappa shape index (κ3) is 4.51. The van der Waals surface area contributed by atoms with Gasteiger partial charge in [0.2, 0.25) is 5.91 Å². The Morgan fingerprint density at radius 2 is 2.30 bits per heavy atom. The molecule has 2 N–H and O–H groups in total. The van der Waals surface area contributed by atoms with E-state index in [0.717, 1.165) is 37.2 Å². The molecule has 1 aliphatic rings. The molecule has 0 radical (unpaired) electrons. The van der Waals surface area contributed by atoms with E-state index in [9.17, 15) is 4.79 Å². The minimum atomic E-state index is -0.0817. The summed E-state index contributed by atoms with van der Waals surface area (Å²) in [5.41, 5.74) is 0.761. The summed E-state index contributed by atoms with van der Waals surface area (Å²) in [6.45, 7) is 1.96. The topological polar surface area (TPSA) is 59.6 Å². The first kappa shape index (κ1) is 14.8. The highest BCUT2D eigenvalue weighted by atomic mass is 16.5. The van der Waals surface area contributed by atoms with Gasteiger partial charge in [0.25, 0.3) is 0 Å². The second kappa shape index (κ2) is 7.87. The van der Waals surface area contributed by atoms with Gasteiger partial charge in [0.05, 0.1) is 12.6 Å². The monoisotopic (exact) mass is 278 g/mol. The average Bonchev–Trinajstić information content (AvgIpc) is 2.49. The van der Waals surface area contributed by atoms with Crippen molar-refractivity contribution >= 4 is 11.6 Å². The van der Waals surface area contributed by atoms with Gasteiger partial charge >= 0.3 is 0 Å². The highest BCUT2D eigenvalue weighted by molar-refractivity contribution is 5.95. The van der Waals surface area contributed by atoms with Crippen molar-refractivity contribution in [2.24, 2.45) is 0 Å². The molecule has 1 fully saturated rings. The van der Waals surface area contributed by atoms with E-state index in [-0.39, 0.29) is 11.9 Å². The zero-order chi connectivity index (χ0) is 14.2. The summed E-state index contributed by atoms with van der Waals surface area (Å²) in [6.07, 6.45) is 3.15. The van der Waals surface area contributed by atoms with Crippen LogP contribution in [0.25, 0.3) is 0 Å². The van der Waals surface area contributed by atoms with Crippen LogP contribution in [0.2, 0.25) is 0 Å². The molecule has 0 aromatic heterocycles. The van der Waals surface area contributed by atoms with Gasteiger partial charge in [-0.2, -0.15) is 0 Å². The van der Waals surface area contributed by atoms with Crippen LogP contribution in [0.1, 0.15) is 19.3 Å². The number of amides is 1. The fourth-order valence-electron chi connectivity index (χ4n) is 2.21. The second-order valence-electron chi connectivity index (χ2n) is 4.86. The molecule has 1 amide bonds. The highest BCUT2D eigenvalue weighted by Crippen LogP contribution is 2.18. The molecule has 110 valence electrons. The van der Waals surface area contributed by atoms with Gasteiger partial charge in [0.1, 0.15) is 12.4 Å². The van der Waals surface area contributed by atoms with Gasteiger partial charge in [-0.1, -0.05) is 12.5 Å². The molecule has 1 saturated heterocycles. The second-order valence-corrected chi connectivity index (χ2v) is 4.86. The molecule has 1 aromatic carbocycles. The summed E-state index contributed by atoms with van der Waals surface area (Å²) in [5.74, 6) is 0.759. The van der Waals surface area contributed by atoms with Gasteiger partial charge in [0.15, 0.2) is 0 Å². The Hall–Kier alpha value is -1.59. The van der Waals surface area contributed by atoms with Gasteiger partial charge < -0.3 is 20.1 Å². The number of carbonyl (C=O) groups is 1. The Balaban J connectivity index is 1.88. The van der Waals surface area contributed by atoms with Gasteiger partial charge in [-0.25, -0.2) is 0 Å². The Bertz CT molecular complexity index is 431. The molecule has 0 saturated carbocycles. The number of hydrogen-bond donors (Lipinski definition) is 2. The van der Waals surface area contributed by atoms with E-state index in [2.05, 4.69) is 10.6 Å². The summed E-state index contributed by atoms with van der Waals surface area (Å²) >= 11 is 0. The van der Waals surface area contributed by atoms with Crippen LogP contribution in [0.15, 0.2) is 24.3 Å². The molecular formula is C15H22N2O3. The van der Waals surface area contributed by atoms with E-state index < -0.39 is 0 Å². The first-order valence-corrected chi connectivity index (χ1v) is 7.05. The number of carbonyl (C=O) groups excluding carboxylic acids is 1. The highest BCUT2D eigenvalue weighted by Gasteiger charge is 2.20. The van der Waals surface area contributed by atoms with Crippen molar-refractivity contribution < 1.29 is 14.3 Å². The van der Waals surface area contributed by atoms with Crippen LogP contribution in [-0.2, 0) is 9.53 Å². The number of benzene rings is 1. The largest absolute Gasteiger partial charge is 0.491 e. The van der Waals surface area contributed by atoms with E-state index in [1.54, 1.807) is 7.11 Å². The lowest BCUT2D eigenvalue weighted by molar-refractivity contribution is -0.118. The Morgan fingerprint density at radius 1 is 1.40 bits per heavy atom. The van der Waals surface area contributed by atoms with Crippen LogP contribution < -0.4 is 15.4 Å². The van der Waals surface area contributed by atoms with Crippen molar-refractivity contribution in [1.82, 2.24) is 5.32 Å². The minimum Gasteiger partial charge on any atom is -0.491 e. The predicted octanol–water partition coefficient (Wildman–Crippen LogP) is 1.79. The summed E-state index contributed by atoms with van der Waals surface area (Å²) < 4.78 is 10.5. The van der Waals surface area contributed by atoms with Crippen molar-refractivity contribution in [3.8, 4) is 5.75 Å². The summed E-state index contributed by atoms with van der Waals surface area (Å²) in [4.78, 5) is 12.1. The predicted molar refractivity (Wildman–Crippen MR) is 78.1 cm³/mol. The third-order valence-electron chi connectivity index (χ3n) is 3.28. The van der Waals surface area contributed by atoms with E-state index >= 15 is 0 Å². The molecule has 1 atom stereocenters. The van der Waals surface area contributed by atoms with Crippen LogP contribution >= 0.6 is 0 Å². The first-order chi connectivity index (χ1) is 9.79. The van der Waals surface area contributed by atoms with Crippen molar-refractivity contribution in [2.75, 3.05) is 32.2 Å². The standard InChI is InChI=1S/C15H22N2O3/c1-19-9-10-20-13-6-4-5-12(11-13)17-15(18)14-7-2-3-8-16-14/h4-6,11,14,16H,2-3,7-10H2,1H3,(H,17,18)/t14-/m0/s1. The zero-order valence-corrected chi connectivity index (χ0v) is 11.9. The third-order valence-corrected chi connectivity index (χ3v) is 3.28. The SMILES string of the molecule is COCCOc1cccc(NC(=O)[C@@H]2CCCCN2)c1. The normalized spacial score (nSPS) is 18.6. The van der Waals surface area contributed by atoms with Gasteiger partial charge in [-0.05, 0) is 31.5 Å². The molecule has 5 heteroatoms. The maximum atomic E-state index is 12.1. The lowest BCUT2D eigenvalue weighted by atomic mass is 10.0. The van der Waals surface area contributed by atoms with Crippen LogP contribution in [0.4, 0.5) is 5.69 Å². The molecule has 2 rings (SSSR count). The molecule has 1 heterocycles. The van der Waals surface area contributed by atoms with E-state index in [1.807, 2.05) is 24.3 Å². The molecule has 5 nitrogen and oxygen atoms in total. The molecule has 0 unspecified atom stereocenters. The molecule has 0 spiro atoms. The number of rotatable bonds is 6. The van der Waals surface area contributed by atoms with Gasteiger partial charge in [-0.3, -0.25) is 4.79 Å². The lowest BCUT2D eigenvalue weighted by Crippen LogP contribution is -2.43. The van der Waals surface area contributed by atoms with Crippen LogP contribution in [0.5, 0.6) is 5.75 Å². The summed E-state index contributed by atoms with van der Waals surface area (Å²) in [6, 6.07) is 7.35. The fourth-order valence-corrected chi connectivity index (χ4v) is 2.21. The van der Waals surface area contributed by atoms with Crippen LogP contribution in [0.3, 0.4) is 0 Å². The van der Waals surface area contributed by atoms with E-state index in [0.29, 0.717) is 13.2 Å². The van der Waals surface area contributed by atoms with Gasteiger partial charge in [0, 0.05) is 18.9 Å². The van der Waals surface area contributed by atoms with Crippen molar-refractivity contribution in [3.63, 3.8) is 0 Å². The van der Waals surface area contributed by atoms with Crippen molar-refractivity contribution in [1.29, 1.82) is 0 Å². The van der Waals surface area contributed by atoms with Crippen molar-refractivity contribution in [3.05, 3.63) is 24.3 Å². The number of ether oxygens (including phenoxy) is 2. The Kier molecular flexibility index (Phi) is 5.83. The smallest absolute Gasteiger partial charge is 0.241 e. The number of anilines is 1. The number of piperidine rings is 1. The number of nitrogens with one attached hydrogen (secondary N) is 2. The molecule has 0 aliphatic carbocycles. The van der Waals surface area contributed by atoms with Crippen LogP contribution in [-0.4, -0.2) is 38.8 Å². The van der Waals surface area contributed by atoms with Gasteiger partial charge in [-0.15, -0.1) is 0 Å². The number of methoxy groups -OCH3 is 1. The molecule has 20 heavy (non-hydrogen) atoms. The maximum Gasteiger partial charge on any atom is 0.241 e. The average molecular weight is 278 g/mol.